The standard InChI is InChI=1S/C21H16N6/c1-2-13-11-23-19-10-14(3-5-17(13)19)21-22-8-7-20(26-21)25-16-4-6-18-15(9-16)12-24-27-18/h2-12,23H,1H2,(H,24,27)(H,22,25,26). The lowest BCUT2D eigenvalue weighted by atomic mass is 10.1. The van der Waals surface area contributed by atoms with Crippen LogP contribution >= 0.6 is 0 Å². The molecule has 0 saturated carbocycles. The maximum atomic E-state index is 4.66. The van der Waals surface area contributed by atoms with E-state index in [2.05, 4.69) is 49.2 Å². The molecule has 6 heteroatoms. The Balaban J connectivity index is 1.48. The molecule has 27 heavy (non-hydrogen) atoms. The van der Waals surface area contributed by atoms with E-state index in [-0.39, 0.29) is 0 Å². The maximum Gasteiger partial charge on any atom is 0.161 e. The smallest absolute Gasteiger partial charge is 0.161 e. The molecule has 0 saturated heterocycles. The predicted octanol–water partition coefficient (Wildman–Crippen LogP) is 4.89. The lowest BCUT2D eigenvalue weighted by molar-refractivity contribution is 1.12. The highest BCUT2D eigenvalue weighted by molar-refractivity contribution is 5.91. The number of aromatic amines is 2. The summed E-state index contributed by atoms with van der Waals surface area (Å²) in [6, 6.07) is 14.0. The molecule has 0 fully saturated rings. The number of nitrogens with zero attached hydrogens (tertiary/aromatic N) is 3. The fourth-order valence-electron chi connectivity index (χ4n) is 3.19. The molecule has 0 amide bonds. The number of fused-ring (bicyclic) bond motifs is 2. The van der Waals surface area contributed by atoms with E-state index in [0.717, 1.165) is 44.4 Å². The molecule has 0 atom stereocenters. The number of anilines is 2. The molecule has 3 aromatic heterocycles. The lowest BCUT2D eigenvalue weighted by Gasteiger charge is -2.07. The number of hydrogen-bond acceptors (Lipinski definition) is 4. The SMILES string of the molecule is C=Cc1c[nH]c2cc(-c3nccc(Nc4ccc5[nH]ncc5c4)n3)ccc12. The van der Waals surface area contributed by atoms with Gasteiger partial charge in [0.15, 0.2) is 5.82 Å². The van der Waals surface area contributed by atoms with E-state index in [1.807, 2.05) is 42.6 Å². The van der Waals surface area contributed by atoms with Gasteiger partial charge in [-0.25, -0.2) is 9.97 Å². The van der Waals surface area contributed by atoms with E-state index in [0.29, 0.717) is 5.82 Å². The first-order chi connectivity index (χ1) is 13.3. The van der Waals surface area contributed by atoms with Gasteiger partial charge in [-0.15, -0.1) is 0 Å². The molecule has 0 aliphatic rings. The van der Waals surface area contributed by atoms with Crippen molar-refractivity contribution in [3.05, 3.63) is 73.2 Å². The zero-order valence-electron chi connectivity index (χ0n) is 14.4. The summed E-state index contributed by atoms with van der Waals surface area (Å²) in [6.07, 6.45) is 7.35. The second-order valence-corrected chi connectivity index (χ2v) is 6.27. The van der Waals surface area contributed by atoms with E-state index in [9.17, 15) is 0 Å². The van der Waals surface area contributed by atoms with Crippen molar-refractivity contribution in [3.63, 3.8) is 0 Å². The van der Waals surface area contributed by atoms with Gasteiger partial charge in [-0.3, -0.25) is 5.10 Å². The van der Waals surface area contributed by atoms with E-state index in [4.69, 9.17) is 0 Å². The molecule has 0 unspecified atom stereocenters. The molecule has 0 spiro atoms. The molecule has 5 rings (SSSR count). The minimum atomic E-state index is 0.668. The normalized spacial score (nSPS) is 11.1. The molecule has 0 bridgehead atoms. The minimum absolute atomic E-state index is 0.668. The van der Waals surface area contributed by atoms with Crippen molar-refractivity contribution < 1.29 is 0 Å². The summed E-state index contributed by atoms with van der Waals surface area (Å²) in [6.45, 7) is 3.84. The van der Waals surface area contributed by atoms with Crippen LogP contribution in [0.15, 0.2) is 67.6 Å². The largest absolute Gasteiger partial charge is 0.361 e. The zero-order chi connectivity index (χ0) is 18.2. The van der Waals surface area contributed by atoms with Crippen molar-refractivity contribution in [1.29, 1.82) is 0 Å². The van der Waals surface area contributed by atoms with Gasteiger partial charge in [0.25, 0.3) is 0 Å². The molecular weight excluding hydrogens is 336 g/mol. The van der Waals surface area contributed by atoms with Crippen LogP contribution in [0.2, 0.25) is 0 Å². The number of benzene rings is 2. The third-order valence-corrected chi connectivity index (χ3v) is 4.56. The third kappa shape index (κ3) is 2.73. The summed E-state index contributed by atoms with van der Waals surface area (Å²) in [4.78, 5) is 12.4. The van der Waals surface area contributed by atoms with Gasteiger partial charge >= 0.3 is 0 Å². The Bertz CT molecular complexity index is 1280. The minimum Gasteiger partial charge on any atom is -0.361 e. The van der Waals surface area contributed by atoms with Gasteiger partial charge in [0.05, 0.1) is 11.7 Å². The average molecular weight is 352 g/mol. The molecule has 5 aromatic rings. The lowest BCUT2D eigenvalue weighted by Crippen LogP contribution is -1.96. The van der Waals surface area contributed by atoms with Crippen LogP contribution in [-0.4, -0.2) is 25.1 Å². The molecule has 130 valence electrons. The summed E-state index contributed by atoms with van der Waals surface area (Å²) in [7, 11) is 0. The Morgan fingerprint density at radius 3 is 2.93 bits per heavy atom. The van der Waals surface area contributed by atoms with Gasteiger partial charge in [0, 0.05) is 39.9 Å². The molecule has 0 aliphatic carbocycles. The summed E-state index contributed by atoms with van der Waals surface area (Å²) >= 11 is 0. The third-order valence-electron chi connectivity index (χ3n) is 4.56. The number of hydrogen-bond donors (Lipinski definition) is 3. The first kappa shape index (κ1) is 15.3. The fourth-order valence-corrected chi connectivity index (χ4v) is 3.19. The first-order valence-electron chi connectivity index (χ1n) is 8.57. The van der Waals surface area contributed by atoms with Crippen molar-refractivity contribution in [2.75, 3.05) is 5.32 Å². The van der Waals surface area contributed by atoms with Crippen LogP contribution in [0.4, 0.5) is 11.5 Å². The van der Waals surface area contributed by atoms with Gasteiger partial charge < -0.3 is 10.3 Å². The Morgan fingerprint density at radius 2 is 2.00 bits per heavy atom. The highest BCUT2D eigenvalue weighted by Crippen LogP contribution is 2.26. The van der Waals surface area contributed by atoms with Crippen molar-refractivity contribution in [1.82, 2.24) is 25.1 Å². The average Bonchev–Trinajstić information content (AvgIpc) is 3.33. The van der Waals surface area contributed by atoms with Gasteiger partial charge in [-0.05, 0) is 35.9 Å². The second kappa shape index (κ2) is 6.10. The van der Waals surface area contributed by atoms with Crippen LogP contribution in [0.3, 0.4) is 0 Å². The topological polar surface area (TPSA) is 82.3 Å². The predicted molar refractivity (Wildman–Crippen MR) is 109 cm³/mol. The molecular formula is C21H16N6. The summed E-state index contributed by atoms with van der Waals surface area (Å²) in [5.74, 6) is 1.40. The second-order valence-electron chi connectivity index (χ2n) is 6.27. The first-order valence-corrected chi connectivity index (χ1v) is 8.57. The van der Waals surface area contributed by atoms with Gasteiger partial charge in [-0.2, -0.15) is 5.10 Å². The van der Waals surface area contributed by atoms with Crippen LogP contribution in [0.25, 0.3) is 39.3 Å². The van der Waals surface area contributed by atoms with E-state index in [1.165, 1.54) is 0 Å². The van der Waals surface area contributed by atoms with Gasteiger partial charge in [0.1, 0.15) is 5.82 Å². The monoisotopic (exact) mass is 352 g/mol. The summed E-state index contributed by atoms with van der Waals surface area (Å²) < 4.78 is 0. The Labute approximate surface area is 155 Å². The van der Waals surface area contributed by atoms with Gasteiger partial charge in [0.2, 0.25) is 0 Å². The van der Waals surface area contributed by atoms with Crippen LogP contribution < -0.4 is 5.32 Å². The van der Waals surface area contributed by atoms with Crippen molar-refractivity contribution in [2.45, 2.75) is 0 Å². The number of aromatic nitrogens is 5. The highest BCUT2D eigenvalue weighted by atomic mass is 15.1. The molecule has 3 N–H and O–H groups in total. The quantitative estimate of drug-likeness (QED) is 0.430. The van der Waals surface area contributed by atoms with E-state index < -0.39 is 0 Å². The van der Waals surface area contributed by atoms with E-state index in [1.54, 1.807) is 12.4 Å². The van der Waals surface area contributed by atoms with Crippen LogP contribution in [-0.2, 0) is 0 Å². The molecule has 3 heterocycles. The van der Waals surface area contributed by atoms with Crippen LogP contribution in [0, 0.1) is 0 Å². The van der Waals surface area contributed by atoms with Crippen LogP contribution in [0.5, 0.6) is 0 Å². The Hall–Kier alpha value is -3.93. The summed E-state index contributed by atoms with van der Waals surface area (Å²) in [5.41, 5.74) is 5.03. The van der Waals surface area contributed by atoms with E-state index >= 15 is 0 Å². The number of rotatable bonds is 4. The number of H-pyrrole nitrogens is 2. The fraction of sp³-hybridized carbons (Fsp3) is 0. The van der Waals surface area contributed by atoms with Crippen molar-refractivity contribution in [3.8, 4) is 11.4 Å². The zero-order valence-corrected chi connectivity index (χ0v) is 14.4. The Kier molecular flexibility index (Phi) is 3.47. The molecule has 6 nitrogen and oxygen atoms in total. The summed E-state index contributed by atoms with van der Waals surface area (Å²) in [5, 5.41) is 12.5. The Morgan fingerprint density at radius 1 is 1.04 bits per heavy atom. The maximum absolute atomic E-state index is 4.66. The molecule has 0 radical (unpaired) electrons. The number of nitrogens with one attached hydrogen (secondary N) is 3. The van der Waals surface area contributed by atoms with Crippen molar-refractivity contribution in [2.24, 2.45) is 0 Å². The van der Waals surface area contributed by atoms with Crippen LogP contribution in [0.1, 0.15) is 5.56 Å². The highest BCUT2D eigenvalue weighted by Gasteiger charge is 2.07. The van der Waals surface area contributed by atoms with Crippen molar-refractivity contribution >= 4 is 39.4 Å². The van der Waals surface area contributed by atoms with Gasteiger partial charge in [-0.1, -0.05) is 24.8 Å². The molecule has 0 aliphatic heterocycles. The molecule has 2 aromatic carbocycles.